The number of hydrogen-bond acceptors (Lipinski definition) is 3. The number of rotatable bonds is 5. The molecule has 0 atom stereocenters. The second-order valence-electron chi connectivity index (χ2n) is 4.90. The van der Waals surface area contributed by atoms with Gasteiger partial charge in [0.05, 0.1) is 0 Å². The zero-order valence-electron chi connectivity index (χ0n) is 12.0. The number of anilines is 1. The lowest BCUT2D eigenvalue weighted by atomic mass is 10.0. The van der Waals surface area contributed by atoms with Crippen LogP contribution in [0.2, 0.25) is 0 Å². The summed E-state index contributed by atoms with van der Waals surface area (Å²) < 4.78 is 7.22. The number of aromatic nitrogens is 2. The predicted molar refractivity (Wildman–Crippen MR) is 77.9 cm³/mol. The Hall–Kier alpha value is -2.30. The van der Waals surface area contributed by atoms with Gasteiger partial charge in [-0.25, -0.2) is 0 Å². The zero-order valence-corrected chi connectivity index (χ0v) is 12.0. The molecule has 0 saturated heterocycles. The molecule has 1 aromatic carbocycles. The van der Waals surface area contributed by atoms with Crippen molar-refractivity contribution < 1.29 is 9.53 Å². The number of nitrogens with one attached hydrogen (secondary N) is 1. The van der Waals surface area contributed by atoms with Crippen LogP contribution in [0.25, 0.3) is 0 Å². The van der Waals surface area contributed by atoms with Gasteiger partial charge in [0.2, 0.25) is 0 Å². The number of carbonyl (C=O) groups is 1. The summed E-state index contributed by atoms with van der Waals surface area (Å²) in [5.41, 5.74) is 1.10. The number of carbonyl (C=O) groups excluding carboxylic acids is 1. The number of benzene rings is 1. The normalized spacial score (nSPS) is 10.6. The third-order valence-corrected chi connectivity index (χ3v) is 2.88. The van der Waals surface area contributed by atoms with Gasteiger partial charge in [0, 0.05) is 19.3 Å². The predicted octanol–water partition coefficient (Wildman–Crippen LogP) is 2.56. The fourth-order valence-electron chi connectivity index (χ4n) is 1.89. The van der Waals surface area contributed by atoms with Gasteiger partial charge in [0.15, 0.2) is 12.4 Å². The van der Waals surface area contributed by atoms with Crippen molar-refractivity contribution in [3.63, 3.8) is 0 Å². The number of aryl methyl sites for hydroxylation is 1. The van der Waals surface area contributed by atoms with Crippen molar-refractivity contribution in [3.8, 4) is 5.75 Å². The smallest absolute Gasteiger partial charge is 0.263 e. The number of para-hydroxylation sites is 1. The molecule has 1 amide bonds. The summed E-state index contributed by atoms with van der Waals surface area (Å²) in [6.07, 6.45) is 1.77. The van der Waals surface area contributed by atoms with Gasteiger partial charge in [-0.1, -0.05) is 32.0 Å². The fourth-order valence-corrected chi connectivity index (χ4v) is 1.89. The molecule has 5 nitrogen and oxygen atoms in total. The molecule has 0 saturated carbocycles. The second-order valence-corrected chi connectivity index (χ2v) is 4.90. The third kappa shape index (κ3) is 3.60. The van der Waals surface area contributed by atoms with E-state index in [1.807, 2.05) is 24.3 Å². The molecule has 2 rings (SSSR count). The summed E-state index contributed by atoms with van der Waals surface area (Å²) in [7, 11) is 1.80. The summed E-state index contributed by atoms with van der Waals surface area (Å²) in [6.45, 7) is 4.16. The van der Waals surface area contributed by atoms with Gasteiger partial charge in [-0.2, -0.15) is 5.10 Å². The minimum Gasteiger partial charge on any atom is -0.483 e. The van der Waals surface area contributed by atoms with Crippen LogP contribution in [0, 0.1) is 0 Å². The highest BCUT2D eigenvalue weighted by molar-refractivity contribution is 5.90. The summed E-state index contributed by atoms with van der Waals surface area (Å²) in [5.74, 6) is 1.41. The van der Waals surface area contributed by atoms with Crippen molar-refractivity contribution in [1.29, 1.82) is 0 Å². The van der Waals surface area contributed by atoms with E-state index in [9.17, 15) is 4.79 Å². The van der Waals surface area contributed by atoms with Gasteiger partial charge in [-0.15, -0.1) is 0 Å². The standard InChI is InChI=1S/C15H19N3O2/c1-11(2)12-6-4-5-7-13(12)20-10-15(19)16-14-8-9-18(3)17-14/h4-9,11H,10H2,1-3H3,(H,16,17,19). The van der Waals surface area contributed by atoms with Gasteiger partial charge in [-0.3, -0.25) is 9.48 Å². The van der Waals surface area contributed by atoms with E-state index in [4.69, 9.17) is 4.74 Å². The van der Waals surface area contributed by atoms with Crippen LogP contribution in [0.5, 0.6) is 5.75 Å². The Morgan fingerprint density at radius 1 is 1.35 bits per heavy atom. The molecule has 0 unspecified atom stereocenters. The molecule has 0 aliphatic rings. The van der Waals surface area contributed by atoms with Crippen molar-refractivity contribution >= 4 is 11.7 Å². The molecular weight excluding hydrogens is 254 g/mol. The molecule has 1 aromatic heterocycles. The first-order valence-electron chi connectivity index (χ1n) is 6.57. The number of ether oxygens (including phenoxy) is 1. The van der Waals surface area contributed by atoms with Crippen LogP contribution in [-0.2, 0) is 11.8 Å². The van der Waals surface area contributed by atoms with Gasteiger partial charge in [0.25, 0.3) is 5.91 Å². The van der Waals surface area contributed by atoms with Crippen LogP contribution in [-0.4, -0.2) is 22.3 Å². The largest absolute Gasteiger partial charge is 0.483 e. The van der Waals surface area contributed by atoms with E-state index >= 15 is 0 Å². The van der Waals surface area contributed by atoms with Crippen LogP contribution in [0.1, 0.15) is 25.3 Å². The topological polar surface area (TPSA) is 56.1 Å². The Bertz CT molecular complexity index is 590. The quantitative estimate of drug-likeness (QED) is 0.911. The second kappa shape index (κ2) is 6.23. The van der Waals surface area contributed by atoms with Crippen molar-refractivity contribution in [3.05, 3.63) is 42.1 Å². The lowest BCUT2D eigenvalue weighted by molar-refractivity contribution is -0.118. The van der Waals surface area contributed by atoms with E-state index in [2.05, 4.69) is 24.3 Å². The Labute approximate surface area is 118 Å². The number of hydrogen-bond donors (Lipinski definition) is 1. The molecule has 0 fully saturated rings. The van der Waals surface area contributed by atoms with Gasteiger partial charge in [0.1, 0.15) is 5.75 Å². The van der Waals surface area contributed by atoms with Crippen LogP contribution >= 0.6 is 0 Å². The Morgan fingerprint density at radius 3 is 2.75 bits per heavy atom. The monoisotopic (exact) mass is 273 g/mol. The van der Waals surface area contributed by atoms with Gasteiger partial charge in [-0.05, 0) is 17.5 Å². The first-order chi connectivity index (χ1) is 9.56. The lowest BCUT2D eigenvalue weighted by Gasteiger charge is -2.13. The molecule has 106 valence electrons. The van der Waals surface area contributed by atoms with E-state index in [1.165, 1.54) is 0 Å². The average Bonchev–Trinajstić information content (AvgIpc) is 2.82. The maximum absolute atomic E-state index is 11.8. The summed E-state index contributed by atoms with van der Waals surface area (Å²) in [4.78, 5) is 11.8. The average molecular weight is 273 g/mol. The van der Waals surface area contributed by atoms with Crippen LogP contribution in [0.3, 0.4) is 0 Å². The van der Waals surface area contributed by atoms with E-state index in [0.29, 0.717) is 11.7 Å². The molecule has 0 aliphatic carbocycles. The highest BCUT2D eigenvalue weighted by Gasteiger charge is 2.10. The fraction of sp³-hybridized carbons (Fsp3) is 0.333. The SMILES string of the molecule is CC(C)c1ccccc1OCC(=O)Nc1ccn(C)n1. The van der Waals surface area contributed by atoms with E-state index in [1.54, 1.807) is 24.0 Å². The van der Waals surface area contributed by atoms with Crippen molar-refractivity contribution in [1.82, 2.24) is 9.78 Å². The van der Waals surface area contributed by atoms with Crippen LogP contribution < -0.4 is 10.1 Å². The first kappa shape index (κ1) is 14.1. The van der Waals surface area contributed by atoms with E-state index in [0.717, 1.165) is 11.3 Å². The Morgan fingerprint density at radius 2 is 2.10 bits per heavy atom. The molecule has 2 aromatic rings. The highest BCUT2D eigenvalue weighted by Crippen LogP contribution is 2.25. The summed E-state index contributed by atoms with van der Waals surface area (Å²) in [5, 5.41) is 6.77. The van der Waals surface area contributed by atoms with E-state index in [-0.39, 0.29) is 12.5 Å². The molecule has 0 bridgehead atoms. The molecule has 1 heterocycles. The molecule has 0 radical (unpaired) electrons. The van der Waals surface area contributed by atoms with E-state index < -0.39 is 0 Å². The van der Waals surface area contributed by atoms with Crippen LogP contribution in [0.4, 0.5) is 5.82 Å². The van der Waals surface area contributed by atoms with Crippen molar-refractivity contribution in [2.24, 2.45) is 7.05 Å². The molecule has 0 spiro atoms. The summed E-state index contributed by atoms with van der Waals surface area (Å²) >= 11 is 0. The molecule has 0 aliphatic heterocycles. The van der Waals surface area contributed by atoms with Gasteiger partial charge < -0.3 is 10.1 Å². The minimum absolute atomic E-state index is 0.0275. The van der Waals surface area contributed by atoms with Crippen molar-refractivity contribution in [2.45, 2.75) is 19.8 Å². The highest BCUT2D eigenvalue weighted by atomic mass is 16.5. The first-order valence-corrected chi connectivity index (χ1v) is 6.57. The third-order valence-electron chi connectivity index (χ3n) is 2.88. The minimum atomic E-state index is -0.220. The maximum Gasteiger partial charge on any atom is 0.263 e. The molecule has 20 heavy (non-hydrogen) atoms. The lowest BCUT2D eigenvalue weighted by Crippen LogP contribution is -2.21. The Balaban J connectivity index is 1.93. The molecular formula is C15H19N3O2. The number of nitrogens with zero attached hydrogens (tertiary/aromatic N) is 2. The number of amides is 1. The summed E-state index contributed by atoms with van der Waals surface area (Å²) in [6, 6.07) is 9.49. The van der Waals surface area contributed by atoms with Crippen molar-refractivity contribution in [2.75, 3.05) is 11.9 Å². The Kier molecular flexibility index (Phi) is 4.40. The zero-order chi connectivity index (χ0) is 14.5. The van der Waals surface area contributed by atoms with Crippen LogP contribution in [0.15, 0.2) is 36.5 Å². The molecule has 5 heteroatoms. The van der Waals surface area contributed by atoms with Gasteiger partial charge >= 0.3 is 0 Å². The molecule has 1 N–H and O–H groups in total. The maximum atomic E-state index is 11.8.